The topological polar surface area (TPSA) is 59.1 Å². The summed E-state index contributed by atoms with van der Waals surface area (Å²) >= 11 is 13.4. The van der Waals surface area contributed by atoms with Gasteiger partial charge in [0.05, 0.1) is 26.0 Å². The fourth-order valence-electron chi connectivity index (χ4n) is 1.90. The summed E-state index contributed by atoms with van der Waals surface area (Å²) in [5.41, 5.74) is 6.66. The summed E-state index contributed by atoms with van der Waals surface area (Å²) in [5.74, 6) is -0.227. The van der Waals surface area contributed by atoms with E-state index >= 15 is 0 Å². The minimum Gasteiger partial charge on any atom is -0.387 e. The van der Waals surface area contributed by atoms with Gasteiger partial charge in [0.2, 0.25) is 0 Å². The van der Waals surface area contributed by atoms with E-state index in [1.165, 1.54) is 11.3 Å². The Morgan fingerprint density at radius 3 is 2.63 bits per heavy atom. The van der Waals surface area contributed by atoms with Gasteiger partial charge < -0.3 is 10.8 Å². The molecule has 3 nitrogen and oxygen atoms in total. The highest BCUT2D eigenvalue weighted by molar-refractivity contribution is 7.11. The number of aryl methyl sites for hydroxylation is 1. The van der Waals surface area contributed by atoms with Crippen molar-refractivity contribution in [1.29, 1.82) is 0 Å². The Morgan fingerprint density at radius 1 is 1.37 bits per heavy atom. The SMILES string of the molecule is Cc1ncc(C(O)C(CN)c2ccc(Cl)c(Cl)c2)s1. The molecular weight excluding hydrogens is 303 g/mol. The van der Waals surface area contributed by atoms with Crippen molar-refractivity contribution in [2.45, 2.75) is 18.9 Å². The molecule has 0 aliphatic rings. The maximum atomic E-state index is 10.4. The third-order valence-corrected chi connectivity index (χ3v) is 4.66. The first-order chi connectivity index (χ1) is 9.02. The maximum Gasteiger partial charge on any atom is 0.0978 e. The molecule has 2 atom stereocenters. The van der Waals surface area contributed by atoms with E-state index < -0.39 is 6.10 Å². The minimum absolute atomic E-state index is 0.227. The van der Waals surface area contributed by atoms with Crippen molar-refractivity contribution in [3.8, 4) is 0 Å². The Bertz CT molecular complexity index is 574. The van der Waals surface area contributed by atoms with Crippen LogP contribution in [0.2, 0.25) is 10.0 Å². The molecule has 6 heteroatoms. The number of aliphatic hydroxyl groups excluding tert-OH is 1. The number of nitrogens with two attached hydrogens (primary N) is 1. The van der Waals surface area contributed by atoms with Crippen LogP contribution in [0.4, 0.5) is 0 Å². The monoisotopic (exact) mass is 316 g/mol. The van der Waals surface area contributed by atoms with Crippen LogP contribution in [0, 0.1) is 6.92 Å². The van der Waals surface area contributed by atoms with Crippen molar-refractivity contribution in [2.75, 3.05) is 6.54 Å². The average Bonchev–Trinajstić information content (AvgIpc) is 2.81. The predicted octanol–water partition coefficient (Wildman–Crippen LogP) is 3.53. The molecule has 0 fully saturated rings. The third kappa shape index (κ3) is 3.27. The van der Waals surface area contributed by atoms with Crippen LogP contribution in [0.25, 0.3) is 0 Å². The van der Waals surface area contributed by atoms with Gasteiger partial charge in [-0.15, -0.1) is 11.3 Å². The first-order valence-corrected chi connectivity index (χ1v) is 7.35. The number of halogens is 2. The second kappa shape index (κ2) is 6.20. The van der Waals surface area contributed by atoms with Crippen LogP contribution in [0.1, 0.15) is 27.5 Å². The molecule has 1 heterocycles. The molecule has 19 heavy (non-hydrogen) atoms. The van der Waals surface area contributed by atoms with Gasteiger partial charge >= 0.3 is 0 Å². The van der Waals surface area contributed by atoms with Crippen molar-refractivity contribution >= 4 is 34.5 Å². The minimum atomic E-state index is -0.687. The molecule has 0 saturated carbocycles. The number of hydrogen-bond acceptors (Lipinski definition) is 4. The molecule has 2 aromatic rings. The van der Waals surface area contributed by atoms with Crippen LogP contribution in [-0.2, 0) is 0 Å². The van der Waals surface area contributed by atoms with Crippen LogP contribution < -0.4 is 5.73 Å². The third-order valence-electron chi connectivity index (χ3n) is 2.94. The van der Waals surface area contributed by atoms with Crippen LogP contribution in [0.5, 0.6) is 0 Å². The Labute approximate surface area is 126 Å². The van der Waals surface area contributed by atoms with Crippen molar-refractivity contribution in [2.24, 2.45) is 5.73 Å². The Balaban J connectivity index is 2.30. The largest absolute Gasteiger partial charge is 0.387 e. The Morgan fingerprint density at radius 2 is 2.11 bits per heavy atom. The van der Waals surface area contributed by atoms with Gasteiger partial charge in [0.25, 0.3) is 0 Å². The standard InChI is InChI=1S/C13H14Cl2N2OS/c1-7-17-6-12(19-7)13(18)9(5-16)8-2-3-10(14)11(15)4-8/h2-4,6,9,13,18H,5,16H2,1H3. The van der Waals surface area contributed by atoms with Crippen LogP contribution in [0.3, 0.4) is 0 Å². The van der Waals surface area contributed by atoms with Gasteiger partial charge in [-0.1, -0.05) is 29.3 Å². The van der Waals surface area contributed by atoms with Crippen LogP contribution in [0.15, 0.2) is 24.4 Å². The normalized spacial score (nSPS) is 14.4. The van der Waals surface area contributed by atoms with E-state index in [1.807, 2.05) is 13.0 Å². The summed E-state index contributed by atoms with van der Waals surface area (Å²) in [6, 6.07) is 5.30. The van der Waals surface area contributed by atoms with Gasteiger partial charge in [0.15, 0.2) is 0 Å². The van der Waals surface area contributed by atoms with Crippen molar-refractivity contribution < 1.29 is 5.11 Å². The fraction of sp³-hybridized carbons (Fsp3) is 0.308. The summed E-state index contributed by atoms with van der Waals surface area (Å²) < 4.78 is 0. The number of rotatable bonds is 4. The highest BCUT2D eigenvalue weighted by Gasteiger charge is 2.23. The van der Waals surface area contributed by atoms with E-state index in [-0.39, 0.29) is 5.92 Å². The molecule has 0 aliphatic heterocycles. The molecule has 2 rings (SSSR count). The number of aliphatic hydroxyl groups is 1. The first kappa shape index (κ1) is 14.8. The number of hydrogen-bond donors (Lipinski definition) is 2. The number of thiazole rings is 1. The molecule has 0 amide bonds. The highest BCUT2D eigenvalue weighted by Crippen LogP contribution is 2.35. The zero-order chi connectivity index (χ0) is 14.0. The second-order valence-corrected chi connectivity index (χ2v) is 6.32. The summed E-state index contributed by atoms with van der Waals surface area (Å²) in [7, 11) is 0. The van der Waals surface area contributed by atoms with E-state index in [0.717, 1.165) is 15.4 Å². The molecule has 3 N–H and O–H groups in total. The quantitative estimate of drug-likeness (QED) is 0.907. The summed E-state index contributed by atoms with van der Waals surface area (Å²) in [4.78, 5) is 4.95. The first-order valence-electron chi connectivity index (χ1n) is 5.78. The Hall–Kier alpha value is -0.650. The zero-order valence-corrected chi connectivity index (χ0v) is 12.6. The summed E-state index contributed by atoms with van der Waals surface area (Å²) in [6.07, 6.45) is 0.999. The van der Waals surface area contributed by atoms with E-state index in [1.54, 1.807) is 18.3 Å². The number of aromatic nitrogens is 1. The summed E-state index contributed by atoms with van der Waals surface area (Å²) in [6.45, 7) is 2.22. The average molecular weight is 317 g/mol. The van der Waals surface area contributed by atoms with Crippen molar-refractivity contribution in [1.82, 2.24) is 4.98 Å². The van der Waals surface area contributed by atoms with Gasteiger partial charge in [-0.3, -0.25) is 0 Å². The lowest BCUT2D eigenvalue weighted by atomic mass is 9.93. The molecule has 0 bridgehead atoms. The number of nitrogens with zero attached hydrogens (tertiary/aromatic N) is 1. The molecule has 1 aromatic heterocycles. The summed E-state index contributed by atoms with van der Waals surface area (Å²) in [5, 5.41) is 12.3. The maximum absolute atomic E-state index is 10.4. The number of benzene rings is 1. The van der Waals surface area contributed by atoms with Gasteiger partial charge in [0, 0.05) is 18.7 Å². The lowest BCUT2D eigenvalue weighted by Crippen LogP contribution is -2.19. The lowest BCUT2D eigenvalue weighted by molar-refractivity contribution is 0.151. The van der Waals surface area contributed by atoms with Gasteiger partial charge in [0.1, 0.15) is 0 Å². The van der Waals surface area contributed by atoms with Gasteiger partial charge in [-0.05, 0) is 24.6 Å². The molecule has 0 spiro atoms. The second-order valence-electron chi connectivity index (χ2n) is 4.24. The smallest absolute Gasteiger partial charge is 0.0978 e. The molecule has 0 saturated heterocycles. The Kier molecular flexibility index (Phi) is 4.81. The predicted molar refractivity (Wildman–Crippen MR) is 80.1 cm³/mol. The van der Waals surface area contributed by atoms with E-state index in [9.17, 15) is 5.11 Å². The highest BCUT2D eigenvalue weighted by atomic mass is 35.5. The van der Waals surface area contributed by atoms with Crippen molar-refractivity contribution in [3.63, 3.8) is 0 Å². The van der Waals surface area contributed by atoms with E-state index in [4.69, 9.17) is 28.9 Å². The fourth-order valence-corrected chi connectivity index (χ4v) is 3.05. The van der Waals surface area contributed by atoms with Crippen LogP contribution in [-0.4, -0.2) is 16.6 Å². The van der Waals surface area contributed by atoms with Crippen LogP contribution >= 0.6 is 34.5 Å². The molecule has 1 aromatic carbocycles. The zero-order valence-electron chi connectivity index (χ0n) is 10.3. The molecule has 0 aliphatic carbocycles. The molecule has 102 valence electrons. The molecular formula is C13H14Cl2N2OS. The van der Waals surface area contributed by atoms with Crippen molar-refractivity contribution in [3.05, 3.63) is 49.9 Å². The van der Waals surface area contributed by atoms with Gasteiger partial charge in [-0.25, -0.2) is 4.98 Å². The van der Waals surface area contributed by atoms with Gasteiger partial charge in [-0.2, -0.15) is 0 Å². The lowest BCUT2D eigenvalue weighted by Gasteiger charge is -2.21. The molecule has 2 unspecified atom stereocenters. The molecule has 0 radical (unpaired) electrons. The van der Waals surface area contributed by atoms with E-state index in [2.05, 4.69) is 4.98 Å². The van der Waals surface area contributed by atoms with E-state index in [0.29, 0.717) is 16.6 Å².